The minimum Gasteiger partial charge on any atom is -0.344 e. The van der Waals surface area contributed by atoms with E-state index in [2.05, 4.69) is 54.9 Å². The molecule has 4 aliphatic rings. The van der Waals surface area contributed by atoms with Crippen LogP contribution in [0.1, 0.15) is 96.6 Å². The summed E-state index contributed by atoms with van der Waals surface area (Å²) in [7, 11) is -12.1. The first kappa shape index (κ1) is 69.8. The Morgan fingerprint density at radius 2 is 1.37 bits per heavy atom. The molecule has 488 valence electrons. The maximum atomic E-state index is 14.5. The van der Waals surface area contributed by atoms with Crippen molar-refractivity contribution in [3.63, 3.8) is 0 Å². The van der Waals surface area contributed by atoms with E-state index < -0.39 is 63.8 Å². The van der Waals surface area contributed by atoms with Crippen molar-refractivity contribution in [1.29, 1.82) is 0 Å². The number of anilines is 1. The number of fused-ring (bicyclic) bond motifs is 6. The largest absolute Gasteiger partial charge is 0.344 e. The zero-order valence-corrected chi connectivity index (χ0v) is 55.3. The molecule has 5 aromatic carbocycles. The normalized spacial score (nSPS) is 17.8. The summed E-state index contributed by atoms with van der Waals surface area (Å²) < 4.78 is 117. The van der Waals surface area contributed by atoms with E-state index in [4.69, 9.17) is 29.3 Å². The molecule has 32 heteroatoms. The summed E-state index contributed by atoms with van der Waals surface area (Å²) in [5, 5.41) is 40.9. The number of carbonyl (C=O) groups excluding carboxylic acids is 3. The van der Waals surface area contributed by atoms with Gasteiger partial charge in [0.15, 0.2) is 5.71 Å². The Labute approximate surface area is 542 Å². The summed E-state index contributed by atoms with van der Waals surface area (Å²) in [6.45, 7) is 8.84. The minimum absolute atomic E-state index is 0.0328. The summed E-state index contributed by atoms with van der Waals surface area (Å²) in [6.07, 6.45) is 10.7. The molecule has 0 spiro atoms. The Morgan fingerprint density at radius 3 is 2.04 bits per heavy atom. The minimum atomic E-state index is -4.77. The Bertz CT molecular complexity index is 4160. The van der Waals surface area contributed by atoms with Gasteiger partial charge in [-0.05, 0) is 139 Å². The van der Waals surface area contributed by atoms with Crippen molar-refractivity contribution in [3.05, 3.63) is 136 Å². The SMILES string of the molecule is CN(CCCC(=O)ON1C(=O)CCC1=O)S(=O)(=O)c1cccc2c3c(ccc12)N(CCCSOOO)C(=CC=C1CCCC(C=CC2=[N+](CCCSOOO)c4ccc5c(SOOO)cc(S(=O)(=O)O)cc5c4C2(C)C)=C1Sc1ccc(S(=O)(=O)O)cc1)C3(C)C. The number of nitrogens with zero attached hydrogens (tertiary/aromatic N) is 4. The van der Waals surface area contributed by atoms with E-state index in [0.717, 1.165) is 72.8 Å². The molecule has 0 radical (unpaired) electrons. The lowest BCUT2D eigenvalue weighted by Gasteiger charge is -2.28. The van der Waals surface area contributed by atoms with Crippen LogP contribution in [0.25, 0.3) is 21.5 Å². The van der Waals surface area contributed by atoms with Crippen LogP contribution >= 0.6 is 47.9 Å². The van der Waals surface area contributed by atoms with Crippen molar-refractivity contribution in [1.82, 2.24) is 9.37 Å². The fourth-order valence-corrected chi connectivity index (χ4v) is 16.8. The molecule has 2 amide bonds. The number of hydrogen-bond acceptors (Lipinski definition) is 24. The Hall–Kier alpha value is -5.57. The summed E-state index contributed by atoms with van der Waals surface area (Å²) in [6, 6.07) is 20.9. The van der Waals surface area contributed by atoms with Crippen molar-refractivity contribution < 1.29 is 102 Å². The van der Waals surface area contributed by atoms with Crippen LogP contribution in [-0.2, 0) is 88.4 Å². The predicted molar refractivity (Wildman–Crippen MR) is 340 cm³/mol. The molecule has 0 aromatic heterocycles. The highest BCUT2D eigenvalue weighted by Crippen LogP contribution is 2.53. The van der Waals surface area contributed by atoms with Crippen molar-refractivity contribution in [2.75, 3.05) is 43.1 Å². The molecule has 25 nitrogen and oxygen atoms in total. The number of imide groups is 1. The zero-order valence-electron chi connectivity index (χ0n) is 49.6. The van der Waals surface area contributed by atoms with Gasteiger partial charge in [0.05, 0.1) is 32.1 Å². The third-order valence-corrected chi connectivity index (χ3v) is 22.7. The van der Waals surface area contributed by atoms with Gasteiger partial charge in [-0.2, -0.15) is 21.4 Å². The van der Waals surface area contributed by atoms with Crippen LogP contribution in [-0.4, -0.2) is 126 Å². The summed E-state index contributed by atoms with van der Waals surface area (Å²) in [5.41, 5.74) is 4.93. The molecule has 0 unspecified atom stereocenters. The molecule has 0 bridgehead atoms. The number of hydroxylamine groups is 2. The fourth-order valence-electron chi connectivity index (χ4n) is 11.9. The second-order valence-electron chi connectivity index (χ2n) is 22.4. The Balaban J connectivity index is 1.13. The van der Waals surface area contributed by atoms with Crippen LogP contribution in [0.5, 0.6) is 0 Å². The van der Waals surface area contributed by atoms with E-state index in [-0.39, 0.29) is 46.9 Å². The van der Waals surface area contributed by atoms with Gasteiger partial charge in [-0.15, -0.1) is 18.1 Å². The van der Waals surface area contributed by atoms with Gasteiger partial charge in [0.25, 0.3) is 32.1 Å². The van der Waals surface area contributed by atoms with E-state index in [0.29, 0.717) is 106 Å². The number of sulfonamides is 1. The number of allylic oxidation sites excluding steroid dienone is 7. The topological polar surface area (TPSA) is 332 Å². The Kier molecular flexibility index (Phi) is 22.5. The van der Waals surface area contributed by atoms with Crippen molar-refractivity contribution in [2.45, 2.75) is 121 Å². The number of rotatable bonds is 29. The first-order chi connectivity index (χ1) is 43.2. The third kappa shape index (κ3) is 15.3. The van der Waals surface area contributed by atoms with E-state index in [9.17, 15) is 48.7 Å². The van der Waals surface area contributed by atoms with Gasteiger partial charge < -0.3 is 9.74 Å². The van der Waals surface area contributed by atoms with E-state index in [1.807, 2.05) is 44.2 Å². The van der Waals surface area contributed by atoms with Gasteiger partial charge in [0.1, 0.15) is 6.54 Å². The van der Waals surface area contributed by atoms with Crippen LogP contribution in [0.4, 0.5) is 11.4 Å². The summed E-state index contributed by atoms with van der Waals surface area (Å²) in [5.74, 6) is -1.30. The van der Waals surface area contributed by atoms with Crippen molar-refractivity contribution in [3.8, 4) is 0 Å². The molecule has 5 aromatic rings. The molecular formula is C59H65N4O21S7+. The van der Waals surface area contributed by atoms with E-state index in [1.165, 1.54) is 49.1 Å². The van der Waals surface area contributed by atoms with Gasteiger partial charge in [0.2, 0.25) is 15.7 Å². The van der Waals surface area contributed by atoms with Crippen LogP contribution in [0.15, 0.2) is 149 Å². The smallest absolute Gasteiger partial charge is 0.333 e. The maximum Gasteiger partial charge on any atom is 0.333 e. The first-order valence-corrected chi connectivity index (χ1v) is 36.0. The molecule has 3 aliphatic heterocycles. The Morgan fingerprint density at radius 1 is 0.703 bits per heavy atom. The maximum absolute atomic E-state index is 14.5. The number of thioether (sulfide) groups is 1. The van der Waals surface area contributed by atoms with Gasteiger partial charge >= 0.3 is 5.97 Å². The lowest BCUT2D eigenvalue weighted by Crippen LogP contribution is -2.32. The standard InChI is InChI=1S/C59H64N4O21S7/c1-58(2)50(61(31-9-33-85-82-79-67)46-25-23-43-44(55(46)58)13-7-14-49(43)89(70,71)60(5)30-8-15-54(66)78-63-52(64)28-29-53(63)65)26-16-37-11-6-12-38(57(37)87-39-18-20-40(21-19-39)90(72,73)74)17-27-51-59(3,4)56-45-35-41(91(75,76)77)36-48(88-84-81-69)42(45)22-24-47(56)62(51)32-10-34-86-83-80-68/h7,13-14,16-27,35-36H,6,8-12,15,28-34H2,1-5H3,(H4-,67,68,69,72,73,74,75,76,77)/p+1. The highest BCUT2D eigenvalue weighted by molar-refractivity contribution is 8.03. The number of carbonyl (C=O) groups is 3. The molecule has 91 heavy (non-hydrogen) atoms. The van der Waals surface area contributed by atoms with Gasteiger partial charge in [-0.3, -0.25) is 18.7 Å². The second kappa shape index (κ2) is 29.4. The predicted octanol–water partition coefficient (Wildman–Crippen LogP) is 11.6. The van der Waals surface area contributed by atoms with Crippen LogP contribution in [0.3, 0.4) is 0 Å². The quantitative estimate of drug-likeness (QED) is 0.00565. The number of amides is 2. The molecular weight excluding hydrogens is 1330 g/mol. The fraction of sp³-hybridized carbons (Fsp3) is 0.356. The summed E-state index contributed by atoms with van der Waals surface area (Å²) >= 11 is 3.76. The number of benzene rings is 5. The summed E-state index contributed by atoms with van der Waals surface area (Å²) in [4.78, 5) is 44.8. The van der Waals surface area contributed by atoms with Gasteiger partial charge in [-0.25, -0.2) is 33.3 Å². The molecule has 1 aliphatic carbocycles. The highest BCUT2D eigenvalue weighted by Gasteiger charge is 2.47. The van der Waals surface area contributed by atoms with E-state index in [1.54, 1.807) is 30.3 Å². The molecule has 0 atom stereocenters. The first-order valence-electron chi connectivity index (χ1n) is 28.3. The van der Waals surface area contributed by atoms with Gasteiger partial charge in [-0.1, -0.05) is 71.1 Å². The van der Waals surface area contributed by atoms with Crippen LogP contribution < -0.4 is 4.90 Å². The molecule has 1 saturated heterocycles. The lowest BCUT2D eigenvalue weighted by atomic mass is 9.78. The molecule has 1 fully saturated rings. The van der Waals surface area contributed by atoms with Crippen LogP contribution in [0.2, 0.25) is 0 Å². The number of hydrogen-bond donors (Lipinski definition) is 5. The van der Waals surface area contributed by atoms with Crippen LogP contribution in [0, 0.1) is 0 Å². The molecule has 0 saturated carbocycles. The van der Waals surface area contributed by atoms with E-state index >= 15 is 0 Å². The van der Waals surface area contributed by atoms with Crippen molar-refractivity contribution in [2.24, 2.45) is 0 Å². The lowest BCUT2D eigenvalue weighted by molar-refractivity contribution is -0.438. The average Bonchev–Trinajstić information content (AvgIpc) is 1.60. The molecule has 9 rings (SSSR count). The molecule has 5 N–H and O–H groups in total. The highest BCUT2D eigenvalue weighted by atomic mass is 32.2. The second-order valence-corrected chi connectivity index (χ2v) is 30.6. The third-order valence-electron chi connectivity index (χ3n) is 16.0. The van der Waals surface area contributed by atoms with Crippen molar-refractivity contribution >= 4 is 135 Å². The van der Waals surface area contributed by atoms with Gasteiger partial charge in [0, 0.05) is 136 Å². The zero-order chi connectivity index (χ0) is 65.6. The average molecular weight is 1390 g/mol. The molecule has 3 heterocycles. The monoisotopic (exact) mass is 1390 g/mol.